The normalized spacial score (nSPS) is 56.7. The minimum Gasteiger partial charge on any atom is -0.511 e. The van der Waals surface area contributed by atoms with Crippen molar-refractivity contribution in [1.82, 2.24) is 0 Å². The van der Waals surface area contributed by atoms with Crippen LogP contribution in [0.1, 0.15) is 88.0 Å². The van der Waals surface area contributed by atoms with Gasteiger partial charge in [0.05, 0.1) is 0 Å². The fourth-order valence-corrected chi connectivity index (χ4v) is 9.43. The van der Waals surface area contributed by atoms with Crippen molar-refractivity contribution in [2.45, 2.75) is 83.9 Å². The molecule has 0 aliphatic heterocycles. The second kappa shape index (κ2) is 5.17. The van der Waals surface area contributed by atoms with E-state index < -0.39 is 17.7 Å². The third-order valence-corrected chi connectivity index (χ3v) is 9.52. The van der Waals surface area contributed by atoms with Crippen LogP contribution in [0.5, 0.6) is 0 Å². The molecule has 8 aliphatic carbocycles. The van der Waals surface area contributed by atoms with Gasteiger partial charge in [-0.3, -0.25) is 4.79 Å². The third-order valence-electron chi connectivity index (χ3n) is 9.52. The van der Waals surface area contributed by atoms with Gasteiger partial charge in [-0.1, -0.05) is 0 Å². The van der Waals surface area contributed by atoms with Crippen molar-refractivity contribution in [3.05, 3.63) is 11.3 Å². The predicted octanol–water partition coefficient (Wildman–Crippen LogP) is 5.82. The molecule has 0 atom stereocenters. The predicted molar refractivity (Wildman–Crippen MR) is 102 cm³/mol. The number of aliphatic hydroxyl groups is 1. The molecule has 8 fully saturated rings. The van der Waals surface area contributed by atoms with Crippen LogP contribution in [0.3, 0.4) is 0 Å². The van der Waals surface area contributed by atoms with Crippen molar-refractivity contribution >= 4 is 5.78 Å². The Balaban J connectivity index is 1.42. The van der Waals surface area contributed by atoms with E-state index in [1.54, 1.807) is 0 Å². The molecule has 0 aromatic carbocycles. The quantitative estimate of drug-likeness (QED) is 0.510. The van der Waals surface area contributed by atoms with E-state index in [4.69, 9.17) is 4.11 Å². The summed E-state index contributed by atoms with van der Waals surface area (Å²) in [4.78, 5) is 14.0. The number of hydrogen-bond donors (Lipinski definition) is 1. The molecule has 0 radical (unpaired) electrons. The van der Waals surface area contributed by atoms with Gasteiger partial charge < -0.3 is 5.11 Å². The SMILES string of the molecule is [2H]C([2H])([2H])/C(C(=O)C12CC3CC(CC(C3)C1)C2)=C(/O)C12CC3CC(CC(C3)C1)C2. The van der Waals surface area contributed by atoms with Crippen LogP contribution in [0.15, 0.2) is 11.3 Å². The first-order valence-corrected chi connectivity index (χ1v) is 11.1. The highest BCUT2D eigenvalue weighted by atomic mass is 16.3. The molecule has 8 saturated carbocycles. The van der Waals surface area contributed by atoms with Crippen molar-refractivity contribution in [3.8, 4) is 0 Å². The summed E-state index contributed by atoms with van der Waals surface area (Å²) in [6, 6.07) is 0. The fraction of sp³-hybridized carbons (Fsp3) is 0.875. The molecule has 0 heterocycles. The van der Waals surface area contributed by atoms with Crippen LogP contribution < -0.4 is 0 Å². The zero-order valence-electron chi connectivity index (χ0n) is 18.8. The Morgan fingerprint density at radius 3 is 1.42 bits per heavy atom. The molecule has 8 rings (SSSR count). The monoisotopic (exact) mass is 357 g/mol. The highest BCUT2D eigenvalue weighted by Gasteiger charge is 2.57. The molecular weight excluding hydrogens is 320 g/mol. The van der Waals surface area contributed by atoms with E-state index in [1.807, 2.05) is 0 Å². The first-order chi connectivity index (χ1) is 13.7. The van der Waals surface area contributed by atoms with Gasteiger partial charge in [-0.05, 0) is 119 Å². The van der Waals surface area contributed by atoms with Gasteiger partial charge >= 0.3 is 0 Å². The molecular formula is C24H34O2. The van der Waals surface area contributed by atoms with Gasteiger partial charge in [0, 0.05) is 20.5 Å². The number of Topliss-reactive ketones (excluding diaryl/α,β-unsaturated/α-hetero) is 1. The van der Waals surface area contributed by atoms with Crippen LogP contribution in [0, 0.1) is 46.3 Å². The van der Waals surface area contributed by atoms with E-state index in [0.29, 0.717) is 35.5 Å². The number of hydrogen-bond acceptors (Lipinski definition) is 2. The maximum Gasteiger partial charge on any atom is 0.168 e. The standard InChI is InChI=1S/C24H34O2/c1-14(21(25)23-8-15-2-16(9-23)4-17(3-15)10-23)22(26)24-11-18-5-19(12-24)7-20(6-18)13-24/h15-20,25H,2-13H2,1H3/b21-14-/i1D3. The van der Waals surface area contributed by atoms with Crippen LogP contribution in [0.4, 0.5) is 0 Å². The number of carbonyl (C=O) groups excluding carboxylic acids is 1. The number of rotatable bonds is 3. The van der Waals surface area contributed by atoms with Gasteiger partial charge in [0.15, 0.2) is 5.78 Å². The van der Waals surface area contributed by atoms with E-state index >= 15 is 0 Å². The van der Waals surface area contributed by atoms with Crippen LogP contribution >= 0.6 is 0 Å². The van der Waals surface area contributed by atoms with Crippen LogP contribution in [-0.2, 0) is 4.79 Å². The summed E-state index contributed by atoms with van der Waals surface area (Å²) < 4.78 is 24.8. The molecule has 2 heteroatoms. The van der Waals surface area contributed by atoms with E-state index in [-0.39, 0.29) is 17.1 Å². The Labute approximate surface area is 162 Å². The maximum atomic E-state index is 14.0. The third kappa shape index (κ3) is 2.14. The van der Waals surface area contributed by atoms with Gasteiger partial charge in [0.25, 0.3) is 0 Å². The molecule has 0 spiro atoms. The van der Waals surface area contributed by atoms with Crippen LogP contribution in [-0.4, -0.2) is 10.9 Å². The van der Waals surface area contributed by atoms with E-state index in [1.165, 1.54) is 38.5 Å². The lowest BCUT2D eigenvalue weighted by atomic mass is 9.47. The summed E-state index contributed by atoms with van der Waals surface area (Å²) in [6.07, 6.45) is 12.6. The first kappa shape index (κ1) is 13.4. The fourth-order valence-electron chi connectivity index (χ4n) is 9.43. The summed E-state index contributed by atoms with van der Waals surface area (Å²) in [6.45, 7) is -2.52. The van der Waals surface area contributed by atoms with Gasteiger partial charge in [-0.25, -0.2) is 0 Å². The number of ketones is 1. The Hall–Kier alpha value is -0.790. The van der Waals surface area contributed by atoms with Gasteiger partial charge in [-0.2, -0.15) is 0 Å². The first-order valence-electron chi connectivity index (χ1n) is 12.6. The topological polar surface area (TPSA) is 37.3 Å². The summed E-state index contributed by atoms with van der Waals surface area (Å²) in [5.41, 5.74) is -1.09. The highest BCUT2D eigenvalue weighted by molar-refractivity contribution is 6.00. The summed E-state index contributed by atoms with van der Waals surface area (Å²) >= 11 is 0. The Bertz CT molecular complexity index is 707. The number of aliphatic hydroxyl groups excluding tert-OH is 1. The van der Waals surface area contributed by atoms with E-state index in [9.17, 15) is 9.90 Å². The van der Waals surface area contributed by atoms with Gasteiger partial charge in [-0.15, -0.1) is 0 Å². The lowest BCUT2D eigenvalue weighted by molar-refractivity contribution is -0.140. The second-order valence-electron chi connectivity index (χ2n) is 11.4. The van der Waals surface area contributed by atoms with E-state index in [0.717, 1.165) is 38.5 Å². The van der Waals surface area contributed by atoms with Crippen molar-refractivity contribution in [3.63, 3.8) is 0 Å². The lowest BCUT2D eigenvalue weighted by Gasteiger charge is -2.57. The molecule has 1 N–H and O–H groups in total. The summed E-state index contributed by atoms with van der Waals surface area (Å²) in [5, 5.41) is 11.6. The molecule has 8 aliphatic rings. The molecule has 26 heavy (non-hydrogen) atoms. The smallest absolute Gasteiger partial charge is 0.168 e. The molecule has 0 unspecified atom stereocenters. The minimum atomic E-state index is -2.52. The Kier molecular flexibility index (Phi) is 2.67. The molecule has 8 bridgehead atoms. The summed E-state index contributed by atoms with van der Waals surface area (Å²) in [7, 11) is 0. The van der Waals surface area contributed by atoms with Gasteiger partial charge in [0.2, 0.25) is 0 Å². The maximum absolute atomic E-state index is 14.0. The Morgan fingerprint density at radius 1 is 0.731 bits per heavy atom. The zero-order chi connectivity index (χ0) is 20.2. The Morgan fingerprint density at radius 2 is 1.08 bits per heavy atom. The second-order valence-corrected chi connectivity index (χ2v) is 11.4. The van der Waals surface area contributed by atoms with Gasteiger partial charge in [0.1, 0.15) is 5.76 Å². The average molecular weight is 358 g/mol. The van der Waals surface area contributed by atoms with Crippen molar-refractivity contribution in [1.29, 1.82) is 0 Å². The molecule has 2 nitrogen and oxygen atoms in total. The average Bonchev–Trinajstić information content (AvgIpc) is 2.58. The molecule has 142 valence electrons. The highest BCUT2D eigenvalue weighted by Crippen LogP contribution is 2.64. The molecule has 0 aromatic heterocycles. The number of carbonyl (C=O) groups is 1. The van der Waals surface area contributed by atoms with E-state index in [2.05, 4.69) is 0 Å². The molecule has 0 amide bonds. The summed E-state index contributed by atoms with van der Waals surface area (Å²) in [5.74, 6) is 3.39. The van der Waals surface area contributed by atoms with Crippen LogP contribution in [0.2, 0.25) is 0 Å². The van der Waals surface area contributed by atoms with Crippen molar-refractivity contribution < 1.29 is 14.0 Å². The minimum absolute atomic E-state index is 0.00246. The zero-order valence-corrected chi connectivity index (χ0v) is 15.8. The molecule has 0 saturated heterocycles. The molecule has 0 aromatic rings. The lowest BCUT2D eigenvalue weighted by Crippen LogP contribution is -2.51. The van der Waals surface area contributed by atoms with Crippen LogP contribution in [0.25, 0.3) is 0 Å². The largest absolute Gasteiger partial charge is 0.511 e. The number of allylic oxidation sites excluding steroid dienone is 2. The van der Waals surface area contributed by atoms with Crippen molar-refractivity contribution in [2.75, 3.05) is 0 Å². The van der Waals surface area contributed by atoms with Crippen molar-refractivity contribution in [2.24, 2.45) is 46.3 Å².